The van der Waals surface area contributed by atoms with Crippen molar-refractivity contribution in [2.24, 2.45) is 0 Å². The van der Waals surface area contributed by atoms with Gasteiger partial charge in [0, 0.05) is 41.3 Å². The number of carbonyl (C=O) groups is 1. The molecule has 1 amide bonds. The van der Waals surface area contributed by atoms with Crippen LogP contribution >= 0.6 is 23.2 Å². The maximum absolute atomic E-state index is 14.1. The molecular weight excluding hydrogens is 609 g/mol. The Kier molecular flexibility index (Phi) is 8.92. The van der Waals surface area contributed by atoms with Crippen LogP contribution in [-0.4, -0.2) is 40.1 Å². The molecule has 0 radical (unpaired) electrons. The van der Waals surface area contributed by atoms with Crippen molar-refractivity contribution in [2.45, 2.75) is 53.0 Å². The van der Waals surface area contributed by atoms with Gasteiger partial charge in [0.2, 0.25) is 5.88 Å². The number of halogens is 2. The van der Waals surface area contributed by atoms with E-state index < -0.39 is 0 Å². The highest BCUT2D eigenvalue weighted by molar-refractivity contribution is 6.38. The number of pyridine rings is 1. The second kappa shape index (κ2) is 13.0. The quantitative estimate of drug-likeness (QED) is 0.153. The fourth-order valence-corrected chi connectivity index (χ4v) is 6.44. The number of aromatic nitrogens is 2. The van der Waals surface area contributed by atoms with Crippen LogP contribution in [0, 0.1) is 6.92 Å². The minimum Gasteiger partial charge on any atom is -0.497 e. The molecule has 3 heterocycles. The normalized spacial score (nSPS) is 13.0. The molecule has 0 saturated carbocycles. The van der Waals surface area contributed by atoms with Crippen LogP contribution in [0.1, 0.15) is 52.2 Å². The molecule has 0 N–H and O–H groups in total. The first-order valence-electron chi connectivity index (χ1n) is 15.0. The zero-order valence-electron chi connectivity index (χ0n) is 25.8. The number of nitrogens with zero attached hydrogens (tertiary/aromatic N) is 3. The molecule has 0 spiro atoms. The largest absolute Gasteiger partial charge is 0.497 e. The van der Waals surface area contributed by atoms with E-state index >= 15 is 0 Å². The summed E-state index contributed by atoms with van der Waals surface area (Å²) in [6.07, 6.45) is 2.51. The van der Waals surface area contributed by atoms with Gasteiger partial charge in [-0.1, -0.05) is 65.7 Å². The van der Waals surface area contributed by atoms with E-state index in [-0.39, 0.29) is 17.0 Å². The molecular formula is C36H35Cl2N3O4. The Balaban J connectivity index is 1.39. The van der Waals surface area contributed by atoms with Crippen LogP contribution in [0.15, 0.2) is 72.9 Å². The fraction of sp³-hybridized carbons (Fsp3) is 0.278. The van der Waals surface area contributed by atoms with E-state index in [1.165, 1.54) is 0 Å². The summed E-state index contributed by atoms with van der Waals surface area (Å²) in [5.41, 5.74) is 5.98. The van der Waals surface area contributed by atoms with Crippen molar-refractivity contribution in [2.75, 3.05) is 13.7 Å². The second-order valence-corrected chi connectivity index (χ2v) is 12.3. The first kappa shape index (κ1) is 30.8. The Morgan fingerprint density at radius 3 is 2.44 bits per heavy atom. The number of amides is 1. The van der Waals surface area contributed by atoms with Crippen molar-refractivity contribution in [1.82, 2.24) is 14.5 Å². The molecule has 0 saturated heterocycles. The van der Waals surface area contributed by atoms with Gasteiger partial charge in [-0.2, -0.15) is 0 Å². The standard InChI is InChI=1S/C36H35Cl2N3O4/c1-22(2)45-31-18-30(37)28-15-17-41(36(42)32(28)33(31)38)20-29-27-14-16-40(19-24-10-12-26(43-4)13-11-24)34(27)23(3)39-35(29)44-21-25-8-6-5-7-9-25/h5-14,16,18,22H,15,17,19-21H2,1-4H3. The van der Waals surface area contributed by atoms with Gasteiger partial charge in [-0.25, -0.2) is 4.98 Å². The van der Waals surface area contributed by atoms with Crippen LogP contribution in [-0.2, 0) is 26.1 Å². The number of fused-ring (bicyclic) bond motifs is 2. The lowest BCUT2D eigenvalue weighted by Crippen LogP contribution is -2.37. The van der Waals surface area contributed by atoms with E-state index in [0.29, 0.717) is 54.9 Å². The van der Waals surface area contributed by atoms with Crippen LogP contribution < -0.4 is 14.2 Å². The van der Waals surface area contributed by atoms with Crippen LogP contribution in [0.5, 0.6) is 17.4 Å². The van der Waals surface area contributed by atoms with Gasteiger partial charge in [-0.05, 0) is 62.1 Å². The highest BCUT2D eigenvalue weighted by atomic mass is 35.5. The fourth-order valence-electron chi connectivity index (χ4n) is 5.86. The zero-order valence-corrected chi connectivity index (χ0v) is 27.3. The van der Waals surface area contributed by atoms with Crippen molar-refractivity contribution >= 4 is 40.0 Å². The SMILES string of the molecule is COc1ccc(Cn2ccc3c(CN4CCc5c(Cl)cc(OC(C)C)c(Cl)c5C4=O)c(OCc4ccccc4)nc(C)c32)cc1. The van der Waals surface area contributed by atoms with Crippen LogP contribution in [0.4, 0.5) is 0 Å². The molecule has 3 aromatic carbocycles. The Morgan fingerprint density at radius 1 is 0.978 bits per heavy atom. The van der Waals surface area contributed by atoms with Gasteiger partial charge in [0.1, 0.15) is 18.1 Å². The third kappa shape index (κ3) is 6.33. The molecule has 1 aliphatic heterocycles. The molecule has 2 aromatic heterocycles. The monoisotopic (exact) mass is 643 g/mol. The zero-order chi connectivity index (χ0) is 31.7. The van der Waals surface area contributed by atoms with Gasteiger partial charge in [0.25, 0.3) is 5.91 Å². The molecule has 7 nitrogen and oxygen atoms in total. The summed E-state index contributed by atoms with van der Waals surface area (Å²) >= 11 is 13.4. The van der Waals surface area contributed by atoms with Gasteiger partial charge in [0.05, 0.1) is 41.6 Å². The molecule has 0 unspecified atom stereocenters. The molecule has 0 bridgehead atoms. The Bertz CT molecular complexity index is 1850. The molecule has 6 rings (SSSR count). The molecule has 0 atom stereocenters. The number of hydrogen-bond acceptors (Lipinski definition) is 5. The predicted octanol–water partition coefficient (Wildman–Crippen LogP) is 8.27. The highest BCUT2D eigenvalue weighted by Gasteiger charge is 2.32. The van der Waals surface area contributed by atoms with Crippen LogP contribution in [0.25, 0.3) is 10.9 Å². The summed E-state index contributed by atoms with van der Waals surface area (Å²) < 4.78 is 19.8. The number of benzene rings is 3. The average molecular weight is 645 g/mol. The Hall–Kier alpha value is -4.20. The first-order chi connectivity index (χ1) is 21.7. The number of aryl methyl sites for hydroxylation is 1. The third-order valence-corrected chi connectivity index (χ3v) is 8.73. The van der Waals surface area contributed by atoms with E-state index in [1.54, 1.807) is 18.1 Å². The van der Waals surface area contributed by atoms with Crippen LogP contribution in [0.3, 0.4) is 0 Å². The Labute approximate surface area is 273 Å². The predicted molar refractivity (Wildman–Crippen MR) is 178 cm³/mol. The summed E-state index contributed by atoms with van der Waals surface area (Å²) in [5.74, 6) is 1.53. The summed E-state index contributed by atoms with van der Waals surface area (Å²) in [6, 6.07) is 21.8. The number of hydrogen-bond donors (Lipinski definition) is 0. The van der Waals surface area contributed by atoms with Gasteiger partial charge < -0.3 is 23.7 Å². The molecule has 1 aliphatic rings. The lowest BCUT2D eigenvalue weighted by Gasteiger charge is -2.31. The third-order valence-electron chi connectivity index (χ3n) is 8.02. The number of rotatable bonds is 10. The molecule has 0 aliphatic carbocycles. The minimum atomic E-state index is -0.197. The summed E-state index contributed by atoms with van der Waals surface area (Å²) in [7, 11) is 1.66. The van der Waals surface area contributed by atoms with E-state index in [2.05, 4.69) is 29.0 Å². The molecule has 9 heteroatoms. The summed E-state index contributed by atoms with van der Waals surface area (Å²) in [6.45, 7) is 7.59. The Morgan fingerprint density at radius 2 is 1.73 bits per heavy atom. The van der Waals surface area contributed by atoms with E-state index in [9.17, 15) is 4.79 Å². The topological polar surface area (TPSA) is 65.8 Å². The number of ether oxygens (including phenoxy) is 3. The van der Waals surface area contributed by atoms with Crippen LogP contribution in [0.2, 0.25) is 10.0 Å². The first-order valence-corrected chi connectivity index (χ1v) is 15.7. The van der Waals surface area contributed by atoms with Crippen molar-refractivity contribution in [3.63, 3.8) is 0 Å². The highest BCUT2D eigenvalue weighted by Crippen LogP contribution is 2.40. The van der Waals surface area contributed by atoms with E-state index in [4.69, 9.17) is 42.4 Å². The molecule has 5 aromatic rings. The lowest BCUT2D eigenvalue weighted by atomic mass is 9.97. The smallest absolute Gasteiger partial charge is 0.256 e. The average Bonchev–Trinajstić information content (AvgIpc) is 3.45. The van der Waals surface area contributed by atoms with Crippen molar-refractivity contribution in [3.8, 4) is 17.4 Å². The van der Waals surface area contributed by atoms with Gasteiger partial charge in [0.15, 0.2) is 0 Å². The minimum absolute atomic E-state index is 0.121. The van der Waals surface area contributed by atoms with E-state index in [1.807, 2.05) is 63.2 Å². The number of carbonyl (C=O) groups excluding carboxylic acids is 1. The van der Waals surface area contributed by atoms with Gasteiger partial charge >= 0.3 is 0 Å². The molecule has 232 valence electrons. The lowest BCUT2D eigenvalue weighted by molar-refractivity contribution is 0.0725. The second-order valence-electron chi connectivity index (χ2n) is 11.5. The number of methoxy groups -OCH3 is 1. The van der Waals surface area contributed by atoms with Crippen molar-refractivity contribution in [3.05, 3.63) is 116 Å². The molecule has 0 fully saturated rings. The molecule has 45 heavy (non-hydrogen) atoms. The van der Waals surface area contributed by atoms with Gasteiger partial charge in [-0.15, -0.1) is 0 Å². The summed E-state index contributed by atoms with van der Waals surface area (Å²) in [5, 5.41) is 1.76. The maximum atomic E-state index is 14.1. The van der Waals surface area contributed by atoms with Crippen molar-refractivity contribution in [1.29, 1.82) is 0 Å². The van der Waals surface area contributed by atoms with E-state index in [0.717, 1.165) is 44.6 Å². The maximum Gasteiger partial charge on any atom is 0.256 e. The summed E-state index contributed by atoms with van der Waals surface area (Å²) in [4.78, 5) is 20.8. The van der Waals surface area contributed by atoms with Gasteiger partial charge in [-0.3, -0.25) is 4.79 Å². The van der Waals surface area contributed by atoms with Crippen molar-refractivity contribution < 1.29 is 19.0 Å².